The highest BCUT2D eigenvalue weighted by Gasteiger charge is 2.25. The highest BCUT2D eigenvalue weighted by atomic mass is 32.1. The quantitative estimate of drug-likeness (QED) is 0.854. The summed E-state index contributed by atoms with van der Waals surface area (Å²) in [4.78, 5) is 31.8. The lowest BCUT2D eigenvalue weighted by Crippen LogP contribution is -2.40. The lowest BCUT2D eigenvalue weighted by Gasteiger charge is -2.28. The van der Waals surface area contributed by atoms with E-state index >= 15 is 0 Å². The lowest BCUT2D eigenvalue weighted by molar-refractivity contribution is -0.130. The molecule has 0 radical (unpaired) electrons. The highest BCUT2D eigenvalue weighted by Crippen LogP contribution is 2.25. The number of likely N-dealkylation sites (N-methyl/N-ethyl adjacent to an activating group) is 1. The van der Waals surface area contributed by atoms with Crippen LogP contribution in [0.1, 0.15) is 32.4 Å². The Morgan fingerprint density at radius 3 is 2.86 bits per heavy atom. The van der Waals surface area contributed by atoms with Gasteiger partial charge in [-0.1, -0.05) is 13.8 Å². The summed E-state index contributed by atoms with van der Waals surface area (Å²) >= 11 is 1.43. The molecule has 0 spiro atoms. The predicted molar refractivity (Wildman–Crippen MR) is 87.9 cm³/mol. The van der Waals surface area contributed by atoms with Gasteiger partial charge in [-0.25, -0.2) is 4.98 Å². The Morgan fingerprint density at radius 1 is 1.55 bits per heavy atom. The number of amides is 2. The van der Waals surface area contributed by atoms with Gasteiger partial charge in [0, 0.05) is 31.9 Å². The Hall–Kier alpha value is -1.47. The first-order chi connectivity index (χ1) is 10.3. The second-order valence-electron chi connectivity index (χ2n) is 6.57. The molecule has 1 fully saturated rings. The molecule has 22 heavy (non-hydrogen) atoms. The van der Waals surface area contributed by atoms with Crippen molar-refractivity contribution in [3.8, 4) is 0 Å². The molecule has 7 heteroatoms. The molecule has 2 rings (SSSR count). The van der Waals surface area contributed by atoms with Gasteiger partial charge in [0.25, 0.3) is 0 Å². The average molecular weight is 324 g/mol. The molecule has 0 atom stereocenters. The molecule has 122 valence electrons. The van der Waals surface area contributed by atoms with E-state index < -0.39 is 0 Å². The zero-order chi connectivity index (χ0) is 16.3. The van der Waals surface area contributed by atoms with Crippen molar-refractivity contribution in [1.29, 1.82) is 0 Å². The maximum atomic E-state index is 12.3. The second kappa shape index (κ2) is 6.75. The van der Waals surface area contributed by atoms with Crippen molar-refractivity contribution in [1.82, 2.24) is 9.88 Å². The third-order valence-electron chi connectivity index (χ3n) is 3.82. The molecule has 1 aliphatic heterocycles. The molecule has 0 aromatic carbocycles. The van der Waals surface area contributed by atoms with E-state index in [2.05, 4.69) is 4.98 Å². The molecule has 2 amide bonds. The van der Waals surface area contributed by atoms with Gasteiger partial charge in [0.2, 0.25) is 11.8 Å². The lowest BCUT2D eigenvalue weighted by atomic mass is 9.93. The molecule has 1 aromatic heterocycles. The van der Waals surface area contributed by atoms with Crippen LogP contribution in [0.25, 0.3) is 0 Å². The number of hydrogen-bond donors (Lipinski definition) is 1. The van der Waals surface area contributed by atoms with Crippen LogP contribution in [0.2, 0.25) is 0 Å². The Morgan fingerprint density at radius 2 is 2.27 bits per heavy atom. The molecule has 0 aliphatic carbocycles. The minimum atomic E-state index is -0.0976. The molecule has 6 nitrogen and oxygen atoms in total. The number of aromatic nitrogens is 1. The topological polar surface area (TPSA) is 79.5 Å². The Bertz CT molecular complexity index is 555. The Labute approximate surface area is 135 Å². The molecule has 1 aromatic rings. The predicted octanol–water partition coefficient (Wildman–Crippen LogP) is 1.26. The van der Waals surface area contributed by atoms with E-state index in [1.807, 2.05) is 19.2 Å². The summed E-state index contributed by atoms with van der Waals surface area (Å²) in [5.41, 5.74) is 6.33. The zero-order valence-corrected chi connectivity index (χ0v) is 14.3. The number of anilines is 1. The van der Waals surface area contributed by atoms with E-state index in [1.165, 1.54) is 11.3 Å². The zero-order valence-electron chi connectivity index (χ0n) is 13.5. The van der Waals surface area contributed by atoms with Gasteiger partial charge in [-0.2, -0.15) is 0 Å². The van der Waals surface area contributed by atoms with E-state index in [9.17, 15) is 9.59 Å². The highest BCUT2D eigenvalue weighted by molar-refractivity contribution is 7.14. The number of hydrogen-bond acceptors (Lipinski definition) is 5. The first-order valence-electron chi connectivity index (χ1n) is 7.51. The standard InChI is InChI=1S/C15H24N4O2S/c1-15(2,9-16)10-18(3)13(21)7-11-8-22-14(17-11)19-6-4-5-12(19)20/h8H,4-7,9-10,16H2,1-3H3. The number of carbonyl (C=O) groups is 2. The number of nitrogens with zero attached hydrogens (tertiary/aromatic N) is 3. The maximum absolute atomic E-state index is 12.3. The van der Waals surface area contributed by atoms with Gasteiger partial charge < -0.3 is 10.6 Å². The van der Waals surface area contributed by atoms with Crippen LogP contribution in [-0.2, 0) is 16.0 Å². The summed E-state index contributed by atoms with van der Waals surface area (Å²) < 4.78 is 0. The van der Waals surface area contributed by atoms with Crippen LogP contribution >= 0.6 is 11.3 Å². The molecule has 0 unspecified atom stereocenters. The van der Waals surface area contributed by atoms with Crippen LogP contribution in [0.5, 0.6) is 0 Å². The monoisotopic (exact) mass is 324 g/mol. The van der Waals surface area contributed by atoms with Crippen molar-refractivity contribution in [2.75, 3.05) is 31.6 Å². The van der Waals surface area contributed by atoms with Crippen molar-refractivity contribution in [3.05, 3.63) is 11.1 Å². The summed E-state index contributed by atoms with van der Waals surface area (Å²) in [6.07, 6.45) is 1.73. The summed E-state index contributed by atoms with van der Waals surface area (Å²) in [6.45, 7) is 5.95. The van der Waals surface area contributed by atoms with Gasteiger partial charge in [-0.05, 0) is 18.4 Å². The average Bonchev–Trinajstić information content (AvgIpc) is 3.07. The van der Waals surface area contributed by atoms with Gasteiger partial charge in [0.05, 0.1) is 12.1 Å². The number of carbonyl (C=O) groups excluding carboxylic acids is 2. The minimum absolute atomic E-state index is 0.0196. The Kier molecular flexibility index (Phi) is 5.18. The fourth-order valence-electron chi connectivity index (χ4n) is 2.44. The molecule has 2 heterocycles. The van der Waals surface area contributed by atoms with Crippen LogP contribution < -0.4 is 10.6 Å². The van der Waals surface area contributed by atoms with E-state index in [1.54, 1.807) is 16.8 Å². The summed E-state index contributed by atoms with van der Waals surface area (Å²) in [7, 11) is 1.79. The van der Waals surface area contributed by atoms with Gasteiger partial charge in [-0.3, -0.25) is 14.5 Å². The number of nitrogens with two attached hydrogens (primary N) is 1. The van der Waals surface area contributed by atoms with Gasteiger partial charge in [0.15, 0.2) is 5.13 Å². The van der Waals surface area contributed by atoms with E-state index in [0.717, 1.165) is 18.7 Å². The van der Waals surface area contributed by atoms with Crippen LogP contribution in [0, 0.1) is 5.41 Å². The minimum Gasteiger partial charge on any atom is -0.345 e. The van der Waals surface area contributed by atoms with Crippen LogP contribution in [0.4, 0.5) is 5.13 Å². The summed E-state index contributed by atoms with van der Waals surface area (Å²) in [5.74, 6) is 0.139. The first-order valence-corrected chi connectivity index (χ1v) is 8.39. The molecular formula is C15H24N4O2S. The summed E-state index contributed by atoms with van der Waals surface area (Å²) in [5, 5.41) is 2.57. The molecule has 1 aliphatic rings. The normalized spacial score (nSPS) is 15.5. The largest absolute Gasteiger partial charge is 0.345 e. The van der Waals surface area contributed by atoms with Gasteiger partial charge in [-0.15, -0.1) is 11.3 Å². The number of thiazole rings is 1. The van der Waals surface area contributed by atoms with Crippen molar-refractivity contribution in [2.24, 2.45) is 11.1 Å². The van der Waals surface area contributed by atoms with Crippen molar-refractivity contribution < 1.29 is 9.59 Å². The van der Waals surface area contributed by atoms with Gasteiger partial charge in [0.1, 0.15) is 0 Å². The molecule has 0 bridgehead atoms. The van der Waals surface area contributed by atoms with Crippen molar-refractivity contribution in [3.63, 3.8) is 0 Å². The van der Waals surface area contributed by atoms with Crippen LogP contribution in [-0.4, -0.2) is 48.4 Å². The SMILES string of the molecule is CN(CC(C)(C)CN)C(=O)Cc1csc(N2CCCC2=O)n1. The van der Waals surface area contributed by atoms with E-state index in [-0.39, 0.29) is 23.7 Å². The van der Waals surface area contributed by atoms with Crippen LogP contribution in [0.15, 0.2) is 5.38 Å². The van der Waals surface area contributed by atoms with Crippen LogP contribution in [0.3, 0.4) is 0 Å². The Balaban J connectivity index is 1.95. The third-order valence-corrected chi connectivity index (χ3v) is 4.73. The fraction of sp³-hybridized carbons (Fsp3) is 0.667. The van der Waals surface area contributed by atoms with Crippen molar-refractivity contribution >= 4 is 28.3 Å². The maximum Gasteiger partial charge on any atom is 0.228 e. The van der Waals surface area contributed by atoms with E-state index in [4.69, 9.17) is 5.73 Å². The fourth-order valence-corrected chi connectivity index (χ4v) is 3.30. The smallest absolute Gasteiger partial charge is 0.228 e. The molecular weight excluding hydrogens is 300 g/mol. The summed E-state index contributed by atoms with van der Waals surface area (Å²) in [6, 6.07) is 0. The molecule has 2 N–H and O–H groups in total. The second-order valence-corrected chi connectivity index (χ2v) is 7.40. The molecule has 0 saturated carbocycles. The molecule has 1 saturated heterocycles. The third kappa shape index (κ3) is 4.04. The van der Waals surface area contributed by atoms with Gasteiger partial charge >= 0.3 is 0 Å². The van der Waals surface area contributed by atoms with E-state index in [0.29, 0.717) is 24.6 Å². The van der Waals surface area contributed by atoms with Crippen molar-refractivity contribution in [2.45, 2.75) is 33.1 Å². The first kappa shape index (κ1) is 16.9. The number of rotatable bonds is 6.